The van der Waals surface area contributed by atoms with Gasteiger partial charge in [-0.3, -0.25) is 0 Å². The lowest BCUT2D eigenvalue weighted by atomic mass is 10.1. The third-order valence-corrected chi connectivity index (χ3v) is 3.09. The molecular formula is C15H15NO4. The summed E-state index contributed by atoms with van der Waals surface area (Å²) in [7, 11) is 3.97. The third-order valence-electron chi connectivity index (χ3n) is 3.09. The maximum Gasteiger partial charge on any atom is 0.336 e. The van der Waals surface area contributed by atoms with Gasteiger partial charge in [0.15, 0.2) is 0 Å². The molecule has 0 aliphatic heterocycles. The molecule has 5 heteroatoms. The lowest BCUT2D eigenvalue weighted by molar-refractivity contribution is 0.265. The van der Waals surface area contributed by atoms with E-state index in [1.165, 1.54) is 6.07 Å². The number of ether oxygens (including phenoxy) is 1. The molecule has 104 valence electrons. The topological polar surface area (TPSA) is 55.8 Å². The predicted octanol–water partition coefficient (Wildman–Crippen LogP) is 2.48. The van der Waals surface area contributed by atoms with Gasteiger partial charge in [0.25, 0.3) is 0 Å². The highest BCUT2D eigenvalue weighted by Gasteiger charge is 2.13. The second kappa shape index (κ2) is 5.02. The molecule has 0 aliphatic rings. The molecule has 0 radical (unpaired) electrons. The van der Waals surface area contributed by atoms with E-state index in [4.69, 9.17) is 13.6 Å². The van der Waals surface area contributed by atoms with Crippen LogP contribution in [0.5, 0.6) is 5.75 Å². The summed E-state index contributed by atoms with van der Waals surface area (Å²) in [6.07, 6.45) is 1.60. The Morgan fingerprint density at radius 2 is 1.95 bits per heavy atom. The summed E-state index contributed by atoms with van der Waals surface area (Å²) < 4.78 is 16.5. The van der Waals surface area contributed by atoms with Crippen molar-refractivity contribution in [1.82, 2.24) is 4.90 Å². The Kier molecular flexibility index (Phi) is 3.20. The van der Waals surface area contributed by atoms with Crippen molar-refractivity contribution in [2.45, 2.75) is 0 Å². The minimum Gasteiger partial charge on any atom is -0.491 e. The number of hydrogen-bond donors (Lipinski definition) is 0. The fourth-order valence-corrected chi connectivity index (χ4v) is 2.10. The van der Waals surface area contributed by atoms with Gasteiger partial charge in [0.2, 0.25) is 0 Å². The molecule has 0 aliphatic carbocycles. The minimum atomic E-state index is -0.386. The van der Waals surface area contributed by atoms with Crippen LogP contribution in [-0.4, -0.2) is 32.1 Å². The summed E-state index contributed by atoms with van der Waals surface area (Å²) in [5.74, 6) is 0.692. The Bertz CT molecular complexity index is 800. The fraction of sp³-hybridized carbons (Fsp3) is 0.267. The van der Waals surface area contributed by atoms with Gasteiger partial charge >= 0.3 is 5.63 Å². The first-order valence-electron chi connectivity index (χ1n) is 6.37. The van der Waals surface area contributed by atoms with Crippen molar-refractivity contribution in [2.75, 3.05) is 27.2 Å². The van der Waals surface area contributed by atoms with Crippen LogP contribution in [-0.2, 0) is 0 Å². The van der Waals surface area contributed by atoms with E-state index in [1.54, 1.807) is 18.4 Å². The van der Waals surface area contributed by atoms with E-state index in [-0.39, 0.29) is 5.63 Å². The standard InChI is InChI=1S/C15H15NO4/c1-16(2)6-8-19-15-10-3-4-14(17)20-13(10)9-12-11(15)5-7-18-12/h3-5,7,9H,6,8H2,1-2H3. The van der Waals surface area contributed by atoms with E-state index in [1.807, 2.05) is 25.1 Å². The summed E-state index contributed by atoms with van der Waals surface area (Å²) in [6, 6.07) is 6.68. The van der Waals surface area contributed by atoms with Crippen LogP contribution in [0.25, 0.3) is 21.9 Å². The molecule has 0 saturated carbocycles. The molecule has 0 saturated heterocycles. The SMILES string of the molecule is CN(C)CCOc1c2ccoc2cc2oc(=O)ccc12. The molecule has 20 heavy (non-hydrogen) atoms. The average Bonchev–Trinajstić information content (AvgIpc) is 2.85. The zero-order valence-corrected chi connectivity index (χ0v) is 11.4. The van der Waals surface area contributed by atoms with Crippen molar-refractivity contribution >= 4 is 21.9 Å². The molecule has 3 rings (SSSR count). The van der Waals surface area contributed by atoms with Gasteiger partial charge in [-0.05, 0) is 26.2 Å². The molecule has 2 aromatic heterocycles. The summed E-state index contributed by atoms with van der Waals surface area (Å²) in [4.78, 5) is 13.4. The molecule has 0 amide bonds. The van der Waals surface area contributed by atoms with Crippen molar-refractivity contribution < 1.29 is 13.6 Å². The highest BCUT2D eigenvalue weighted by molar-refractivity contribution is 6.01. The van der Waals surface area contributed by atoms with Crippen LogP contribution in [0, 0.1) is 0 Å². The van der Waals surface area contributed by atoms with Crippen LogP contribution in [0.1, 0.15) is 0 Å². The van der Waals surface area contributed by atoms with Gasteiger partial charge in [-0.15, -0.1) is 0 Å². The van der Waals surface area contributed by atoms with Gasteiger partial charge in [-0.1, -0.05) is 0 Å². The molecule has 0 fully saturated rings. The van der Waals surface area contributed by atoms with Crippen molar-refractivity contribution in [3.63, 3.8) is 0 Å². The first kappa shape index (κ1) is 12.7. The maximum atomic E-state index is 11.3. The molecular weight excluding hydrogens is 258 g/mol. The van der Waals surface area contributed by atoms with Crippen molar-refractivity contribution in [3.8, 4) is 5.75 Å². The number of rotatable bonds is 4. The Morgan fingerprint density at radius 3 is 2.75 bits per heavy atom. The minimum absolute atomic E-state index is 0.386. The Balaban J connectivity index is 2.13. The zero-order chi connectivity index (χ0) is 14.1. The van der Waals surface area contributed by atoms with E-state index in [0.717, 1.165) is 17.3 Å². The molecule has 3 aromatic rings. The molecule has 1 aromatic carbocycles. The van der Waals surface area contributed by atoms with E-state index in [9.17, 15) is 4.79 Å². The van der Waals surface area contributed by atoms with Crippen LogP contribution in [0.15, 0.2) is 44.2 Å². The van der Waals surface area contributed by atoms with E-state index in [0.29, 0.717) is 23.5 Å². The molecule has 0 bridgehead atoms. The second-order valence-corrected chi connectivity index (χ2v) is 4.86. The van der Waals surface area contributed by atoms with E-state index >= 15 is 0 Å². The zero-order valence-electron chi connectivity index (χ0n) is 11.4. The normalized spacial score (nSPS) is 11.6. The van der Waals surface area contributed by atoms with E-state index < -0.39 is 0 Å². The number of likely N-dealkylation sites (N-methyl/N-ethyl adjacent to an activating group) is 1. The number of nitrogens with zero attached hydrogens (tertiary/aromatic N) is 1. The number of hydrogen-bond acceptors (Lipinski definition) is 5. The van der Waals surface area contributed by atoms with Crippen LogP contribution in [0.3, 0.4) is 0 Å². The van der Waals surface area contributed by atoms with Gasteiger partial charge in [0.05, 0.1) is 17.0 Å². The monoisotopic (exact) mass is 273 g/mol. The summed E-state index contributed by atoms with van der Waals surface area (Å²) in [5, 5.41) is 1.65. The van der Waals surface area contributed by atoms with Crippen molar-refractivity contribution in [1.29, 1.82) is 0 Å². The summed E-state index contributed by atoms with van der Waals surface area (Å²) in [5.41, 5.74) is 0.731. The first-order chi connectivity index (χ1) is 9.65. The Morgan fingerprint density at radius 1 is 1.15 bits per heavy atom. The van der Waals surface area contributed by atoms with Crippen LogP contribution in [0.2, 0.25) is 0 Å². The highest BCUT2D eigenvalue weighted by atomic mass is 16.5. The Hall–Kier alpha value is -2.27. The Labute approximate surface area is 115 Å². The van der Waals surface area contributed by atoms with Gasteiger partial charge in [0, 0.05) is 18.7 Å². The maximum absolute atomic E-state index is 11.3. The lowest BCUT2D eigenvalue weighted by Crippen LogP contribution is -2.19. The summed E-state index contributed by atoms with van der Waals surface area (Å²) >= 11 is 0. The van der Waals surface area contributed by atoms with Crippen molar-refractivity contribution in [3.05, 3.63) is 40.9 Å². The third kappa shape index (κ3) is 2.28. The largest absolute Gasteiger partial charge is 0.491 e. The quantitative estimate of drug-likeness (QED) is 0.683. The smallest absolute Gasteiger partial charge is 0.336 e. The van der Waals surface area contributed by atoms with Gasteiger partial charge in [-0.2, -0.15) is 0 Å². The van der Waals surface area contributed by atoms with Crippen molar-refractivity contribution in [2.24, 2.45) is 0 Å². The number of benzene rings is 1. The van der Waals surface area contributed by atoms with Crippen LogP contribution < -0.4 is 10.4 Å². The van der Waals surface area contributed by atoms with E-state index in [2.05, 4.69) is 0 Å². The fourth-order valence-electron chi connectivity index (χ4n) is 2.10. The first-order valence-corrected chi connectivity index (χ1v) is 6.37. The molecule has 2 heterocycles. The molecule has 0 unspecified atom stereocenters. The highest BCUT2D eigenvalue weighted by Crippen LogP contribution is 2.34. The molecule has 0 spiro atoms. The lowest BCUT2D eigenvalue weighted by Gasteiger charge is -2.13. The van der Waals surface area contributed by atoms with Crippen LogP contribution >= 0.6 is 0 Å². The van der Waals surface area contributed by atoms with Gasteiger partial charge in [0.1, 0.15) is 23.5 Å². The van der Waals surface area contributed by atoms with Crippen LogP contribution in [0.4, 0.5) is 0 Å². The van der Waals surface area contributed by atoms with Gasteiger partial charge < -0.3 is 18.5 Å². The average molecular weight is 273 g/mol. The predicted molar refractivity (Wildman–Crippen MR) is 76.3 cm³/mol. The molecule has 5 nitrogen and oxygen atoms in total. The molecule has 0 N–H and O–H groups in total. The number of furan rings is 1. The second-order valence-electron chi connectivity index (χ2n) is 4.86. The van der Waals surface area contributed by atoms with Gasteiger partial charge in [-0.25, -0.2) is 4.79 Å². The number of fused-ring (bicyclic) bond motifs is 2. The summed E-state index contributed by atoms with van der Waals surface area (Å²) in [6.45, 7) is 1.35. The molecule has 0 atom stereocenters.